The number of nitrogens with one attached hydrogen (secondary N) is 1. The van der Waals surface area contributed by atoms with Gasteiger partial charge in [-0.15, -0.1) is 0 Å². The molecule has 7 nitrogen and oxygen atoms in total. The lowest BCUT2D eigenvalue weighted by atomic mass is 9.66. The van der Waals surface area contributed by atoms with Gasteiger partial charge in [0.2, 0.25) is 0 Å². The van der Waals surface area contributed by atoms with Crippen molar-refractivity contribution in [1.82, 2.24) is 5.32 Å². The van der Waals surface area contributed by atoms with E-state index in [1.54, 1.807) is 6.26 Å². The molecule has 0 aliphatic carbocycles. The van der Waals surface area contributed by atoms with Crippen molar-refractivity contribution in [3.63, 3.8) is 0 Å². The van der Waals surface area contributed by atoms with Gasteiger partial charge in [0.05, 0.1) is 18.4 Å². The zero-order valence-corrected chi connectivity index (χ0v) is 17.8. The van der Waals surface area contributed by atoms with Gasteiger partial charge in [-0.1, -0.05) is 30.3 Å². The molecule has 2 atom stereocenters. The fourth-order valence-corrected chi connectivity index (χ4v) is 4.15. The SMILES string of the molecule is CC(CC1(c2ccccc2)CCOC(C)(C)C1)NCc1ccco1.O=C(O)C(=O)O. The molecule has 2 heterocycles. The first-order valence-corrected chi connectivity index (χ1v) is 10.0. The number of rotatable bonds is 6. The zero-order chi connectivity index (χ0) is 22.2. The summed E-state index contributed by atoms with van der Waals surface area (Å²) in [4.78, 5) is 18.2. The van der Waals surface area contributed by atoms with Crippen molar-refractivity contribution in [2.24, 2.45) is 0 Å². The first-order valence-electron chi connectivity index (χ1n) is 10.0. The van der Waals surface area contributed by atoms with Gasteiger partial charge in [0, 0.05) is 18.1 Å². The molecule has 2 unspecified atom stereocenters. The zero-order valence-electron chi connectivity index (χ0n) is 17.8. The van der Waals surface area contributed by atoms with Crippen molar-refractivity contribution in [2.45, 2.75) is 63.6 Å². The molecule has 3 N–H and O–H groups in total. The average molecular weight is 418 g/mol. The molecule has 0 saturated carbocycles. The number of carbonyl (C=O) groups is 2. The van der Waals surface area contributed by atoms with Crippen LogP contribution in [0, 0.1) is 0 Å². The molecule has 164 valence electrons. The second-order valence-electron chi connectivity index (χ2n) is 8.36. The Balaban J connectivity index is 0.000000469. The number of carboxylic acids is 2. The summed E-state index contributed by atoms with van der Waals surface area (Å²) >= 11 is 0. The maximum atomic E-state index is 9.10. The molecule has 1 aliphatic heterocycles. The highest BCUT2D eigenvalue weighted by atomic mass is 16.5. The Kier molecular flexibility index (Phi) is 8.20. The van der Waals surface area contributed by atoms with Gasteiger partial charge in [-0.2, -0.15) is 0 Å². The van der Waals surface area contributed by atoms with Gasteiger partial charge >= 0.3 is 11.9 Å². The second kappa shape index (κ2) is 10.4. The topological polar surface area (TPSA) is 109 Å². The predicted molar refractivity (Wildman–Crippen MR) is 112 cm³/mol. The Labute approximate surface area is 177 Å². The summed E-state index contributed by atoms with van der Waals surface area (Å²) in [7, 11) is 0. The Morgan fingerprint density at radius 3 is 2.30 bits per heavy atom. The number of benzene rings is 1. The lowest BCUT2D eigenvalue weighted by Crippen LogP contribution is -2.47. The van der Waals surface area contributed by atoms with Gasteiger partial charge in [-0.3, -0.25) is 0 Å². The molecule has 0 amide bonds. The van der Waals surface area contributed by atoms with Gasteiger partial charge in [0.1, 0.15) is 5.76 Å². The molecule has 1 saturated heterocycles. The van der Waals surface area contributed by atoms with Crippen LogP contribution in [0.5, 0.6) is 0 Å². The molecule has 1 aromatic heterocycles. The monoisotopic (exact) mass is 417 g/mol. The van der Waals surface area contributed by atoms with E-state index in [4.69, 9.17) is 29.0 Å². The maximum Gasteiger partial charge on any atom is 0.414 e. The van der Waals surface area contributed by atoms with Crippen LogP contribution in [0.1, 0.15) is 51.4 Å². The lowest BCUT2D eigenvalue weighted by Gasteiger charge is -2.46. The summed E-state index contributed by atoms with van der Waals surface area (Å²) in [6.45, 7) is 8.30. The van der Waals surface area contributed by atoms with Crippen LogP contribution >= 0.6 is 0 Å². The minimum absolute atomic E-state index is 0.0746. The lowest BCUT2D eigenvalue weighted by molar-refractivity contribution is -0.159. The molecule has 1 aliphatic rings. The summed E-state index contributed by atoms with van der Waals surface area (Å²) < 4.78 is 11.4. The van der Waals surface area contributed by atoms with Crippen LogP contribution in [-0.4, -0.2) is 40.4 Å². The van der Waals surface area contributed by atoms with Crippen LogP contribution < -0.4 is 5.32 Å². The number of ether oxygens (including phenoxy) is 1. The van der Waals surface area contributed by atoms with Crippen molar-refractivity contribution in [3.8, 4) is 0 Å². The summed E-state index contributed by atoms with van der Waals surface area (Å²) in [5, 5.41) is 18.4. The van der Waals surface area contributed by atoms with Crippen LogP contribution in [0.3, 0.4) is 0 Å². The Hall–Kier alpha value is -2.64. The van der Waals surface area contributed by atoms with Gasteiger partial charge in [-0.25, -0.2) is 9.59 Å². The normalized spacial score (nSPS) is 21.2. The van der Waals surface area contributed by atoms with Crippen molar-refractivity contribution in [3.05, 3.63) is 60.1 Å². The van der Waals surface area contributed by atoms with E-state index >= 15 is 0 Å². The Morgan fingerprint density at radius 2 is 1.77 bits per heavy atom. The van der Waals surface area contributed by atoms with Crippen LogP contribution in [-0.2, 0) is 26.3 Å². The Bertz CT molecular complexity index is 790. The fraction of sp³-hybridized carbons (Fsp3) is 0.478. The smallest absolute Gasteiger partial charge is 0.414 e. The molecule has 0 bridgehead atoms. The molecular weight excluding hydrogens is 386 g/mol. The molecule has 1 fully saturated rings. The average Bonchev–Trinajstić information content (AvgIpc) is 3.20. The van der Waals surface area contributed by atoms with Crippen LogP contribution in [0.25, 0.3) is 0 Å². The second-order valence-corrected chi connectivity index (χ2v) is 8.36. The number of carboxylic acid groups (broad SMARTS) is 2. The van der Waals surface area contributed by atoms with Gasteiger partial charge in [0.25, 0.3) is 0 Å². The minimum atomic E-state index is -1.82. The van der Waals surface area contributed by atoms with E-state index in [-0.39, 0.29) is 11.0 Å². The maximum absolute atomic E-state index is 9.10. The third-order valence-corrected chi connectivity index (χ3v) is 5.31. The van der Waals surface area contributed by atoms with Crippen LogP contribution in [0.4, 0.5) is 0 Å². The van der Waals surface area contributed by atoms with Gasteiger partial charge < -0.3 is 24.7 Å². The van der Waals surface area contributed by atoms with E-state index in [2.05, 4.69) is 56.4 Å². The first-order chi connectivity index (χ1) is 14.1. The summed E-state index contributed by atoms with van der Waals surface area (Å²) in [5.41, 5.74) is 1.53. The third-order valence-electron chi connectivity index (χ3n) is 5.31. The fourth-order valence-electron chi connectivity index (χ4n) is 4.15. The van der Waals surface area contributed by atoms with Crippen molar-refractivity contribution in [1.29, 1.82) is 0 Å². The quantitative estimate of drug-likeness (QED) is 0.613. The molecular formula is C23H31NO6. The molecule has 7 heteroatoms. The largest absolute Gasteiger partial charge is 0.473 e. The van der Waals surface area contributed by atoms with E-state index in [9.17, 15) is 0 Å². The number of hydrogen-bond acceptors (Lipinski definition) is 5. The molecule has 2 aromatic rings. The summed E-state index contributed by atoms with van der Waals surface area (Å²) in [5.74, 6) is -2.66. The first kappa shape index (κ1) is 23.6. The Morgan fingerprint density at radius 1 is 1.10 bits per heavy atom. The minimum Gasteiger partial charge on any atom is -0.473 e. The predicted octanol–water partition coefficient (Wildman–Crippen LogP) is 3.83. The molecule has 1 aromatic carbocycles. The van der Waals surface area contributed by atoms with E-state index in [1.165, 1.54) is 5.56 Å². The summed E-state index contributed by atoms with van der Waals surface area (Å²) in [6.07, 6.45) is 4.96. The van der Waals surface area contributed by atoms with Crippen LogP contribution in [0.2, 0.25) is 0 Å². The van der Waals surface area contributed by atoms with Crippen molar-refractivity contribution >= 4 is 11.9 Å². The molecule has 0 spiro atoms. The van der Waals surface area contributed by atoms with E-state index in [0.29, 0.717) is 6.04 Å². The van der Waals surface area contributed by atoms with E-state index in [1.807, 2.05) is 12.1 Å². The highest BCUT2D eigenvalue weighted by Crippen LogP contribution is 2.44. The highest BCUT2D eigenvalue weighted by Gasteiger charge is 2.42. The third kappa shape index (κ3) is 7.00. The number of hydrogen-bond donors (Lipinski definition) is 3. The van der Waals surface area contributed by atoms with E-state index < -0.39 is 11.9 Å². The van der Waals surface area contributed by atoms with Crippen molar-refractivity contribution in [2.75, 3.05) is 6.61 Å². The van der Waals surface area contributed by atoms with Gasteiger partial charge in [-0.05, 0) is 57.7 Å². The molecule has 0 radical (unpaired) electrons. The molecule has 3 rings (SSSR count). The summed E-state index contributed by atoms with van der Waals surface area (Å²) in [6, 6.07) is 15.3. The van der Waals surface area contributed by atoms with Crippen LogP contribution in [0.15, 0.2) is 53.1 Å². The molecule has 30 heavy (non-hydrogen) atoms. The highest BCUT2D eigenvalue weighted by molar-refractivity contribution is 6.27. The van der Waals surface area contributed by atoms with E-state index in [0.717, 1.165) is 38.2 Å². The van der Waals surface area contributed by atoms with Crippen molar-refractivity contribution < 1.29 is 29.0 Å². The van der Waals surface area contributed by atoms with Gasteiger partial charge in [0.15, 0.2) is 0 Å². The number of aliphatic carboxylic acids is 2. The number of furan rings is 1. The standard InChI is InChI=1S/C21H29NO2.C2H2O4/c1-17(22-15-19-10-7-12-23-19)14-21(18-8-5-4-6-9-18)11-13-24-20(2,3)16-21;3-1(4)2(5)6/h4-10,12,17,22H,11,13-16H2,1-3H3;(H,3,4)(H,5,6).